The van der Waals surface area contributed by atoms with E-state index in [1.165, 1.54) is 6.42 Å². The van der Waals surface area contributed by atoms with Gasteiger partial charge < -0.3 is 14.7 Å². The van der Waals surface area contributed by atoms with Crippen LogP contribution in [-0.4, -0.2) is 48.3 Å². The topological polar surface area (TPSA) is 49.8 Å². The van der Waals surface area contributed by atoms with Crippen LogP contribution in [0.25, 0.3) is 0 Å². The molecule has 0 aliphatic carbocycles. The van der Waals surface area contributed by atoms with Gasteiger partial charge in [-0.2, -0.15) is 0 Å². The second-order valence-corrected chi connectivity index (χ2v) is 5.70. The number of carbonyl (C=O) groups is 1. The van der Waals surface area contributed by atoms with Crippen LogP contribution in [0, 0.1) is 11.8 Å². The second kappa shape index (κ2) is 7.74. The number of hydrogen-bond acceptors (Lipinski definition) is 3. The van der Waals surface area contributed by atoms with Gasteiger partial charge in [-0.15, -0.1) is 0 Å². The van der Waals surface area contributed by atoms with Crippen molar-refractivity contribution >= 4 is 5.97 Å². The van der Waals surface area contributed by atoms with Crippen molar-refractivity contribution in [3.05, 3.63) is 0 Å². The Morgan fingerprint density at radius 2 is 2.17 bits per heavy atom. The van der Waals surface area contributed by atoms with Gasteiger partial charge in [0.1, 0.15) is 0 Å². The van der Waals surface area contributed by atoms with E-state index < -0.39 is 5.97 Å². The second-order valence-electron chi connectivity index (χ2n) is 5.70. The van der Waals surface area contributed by atoms with Crippen LogP contribution in [0.5, 0.6) is 0 Å². The Balaban J connectivity index is 2.29. The molecule has 0 amide bonds. The van der Waals surface area contributed by atoms with Gasteiger partial charge in [0.2, 0.25) is 0 Å². The van der Waals surface area contributed by atoms with Crippen LogP contribution in [0.15, 0.2) is 0 Å². The van der Waals surface area contributed by atoms with E-state index in [4.69, 9.17) is 9.84 Å². The summed E-state index contributed by atoms with van der Waals surface area (Å²) in [7, 11) is 0. The molecule has 0 aromatic rings. The highest BCUT2D eigenvalue weighted by molar-refractivity contribution is 5.66. The summed E-state index contributed by atoms with van der Waals surface area (Å²) >= 11 is 0. The van der Waals surface area contributed by atoms with Crippen LogP contribution in [0.4, 0.5) is 0 Å². The van der Waals surface area contributed by atoms with Crippen LogP contribution in [0.3, 0.4) is 0 Å². The van der Waals surface area contributed by atoms with Gasteiger partial charge in [0.05, 0.1) is 12.7 Å². The molecule has 1 rings (SSSR count). The van der Waals surface area contributed by atoms with Crippen LogP contribution >= 0.6 is 0 Å². The monoisotopic (exact) mass is 257 g/mol. The van der Waals surface area contributed by atoms with Crippen LogP contribution in [0.1, 0.15) is 40.0 Å². The maximum Gasteiger partial charge on any atom is 0.303 e. The van der Waals surface area contributed by atoms with E-state index in [1.807, 2.05) is 13.8 Å². The molecule has 18 heavy (non-hydrogen) atoms. The molecule has 0 spiro atoms. The van der Waals surface area contributed by atoms with Crippen LogP contribution in [-0.2, 0) is 9.53 Å². The number of aliphatic carboxylic acids is 1. The molecule has 1 aliphatic rings. The minimum Gasteiger partial charge on any atom is -0.481 e. The third kappa shape index (κ3) is 5.83. The lowest BCUT2D eigenvalue weighted by Crippen LogP contribution is -2.40. The molecule has 106 valence electrons. The van der Waals surface area contributed by atoms with Gasteiger partial charge in [-0.25, -0.2) is 0 Å². The molecular weight excluding hydrogens is 230 g/mol. The number of likely N-dealkylation sites (tertiary alicyclic amines) is 1. The lowest BCUT2D eigenvalue weighted by Gasteiger charge is -2.35. The first-order valence-electron chi connectivity index (χ1n) is 7.04. The third-order valence-corrected chi connectivity index (χ3v) is 3.70. The quantitative estimate of drug-likeness (QED) is 0.760. The molecule has 0 saturated carbocycles. The van der Waals surface area contributed by atoms with Crippen molar-refractivity contribution < 1.29 is 14.6 Å². The summed E-state index contributed by atoms with van der Waals surface area (Å²) in [4.78, 5) is 13.2. The summed E-state index contributed by atoms with van der Waals surface area (Å²) < 4.78 is 5.57. The number of nitrogens with zero attached hydrogens (tertiary/aromatic N) is 1. The summed E-state index contributed by atoms with van der Waals surface area (Å²) in [6, 6.07) is 0. The molecule has 1 heterocycles. The molecule has 4 nitrogen and oxygen atoms in total. The van der Waals surface area contributed by atoms with Crippen LogP contribution in [0.2, 0.25) is 0 Å². The highest BCUT2D eigenvalue weighted by atomic mass is 16.5. The Bertz CT molecular complexity index is 255. The number of carboxylic acid groups (broad SMARTS) is 1. The molecule has 1 aliphatic heterocycles. The molecule has 0 aromatic heterocycles. The van der Waals surface area contributed by atoms with E-state index in [0.29, 0.717) is 12.3 Å². The number of ether oxygens (including phenoxy) is 1. The Hall–Kier alpha value is -0.610. The molecular formula is C14H27NO3. The molecule has 1 fully saturated rings. The fourth-order valence-corrected chi connectivity index (χ4v) is 2.62. The Kier molecular flexibility index (Phi) is 6.65. The fourth-order valence-electron chi connectivity index (χ4n) is 2.62. The van der Waals surface area contributed by atoms with Gasteiger partial charge in [-0.1, -0.05) is 6.92 Å². The van der Waals surface area contributed by atoms with E-state index in [0.717, 1.165) is 32.7 Å². The lowest BCUT2D eigenvalue weighted by atomic mass is 9.85. The first-order chi connectivity index (χ1) is 8.49. The number of carboxylic acids is 1. The molecule has 0 aromatic carbocycles. The fraction of sp³-hybridized carbons (Fsp3) is 0.929. The van der Waals surface area contributed by atoms with E-state index in [1.54, 1.807) is 0 Å². The summed E-state index contributed by atoms with van der Waals surface area (Å²) in [6.45, 7) is 10.1. The van der Waals surface area contributed by atoms with Crippen molar-refractivity contribution in [3.63, 3.8) is 0 Å². The minimum absolute atomic E-state index is 0.274. The molecule has 0 radical (unpaired) electrons. The average molecular weight is 257 g/mol. The van der Waals surface area contributed by atoms with Gasteiger partial charge in [-0.05, 0) is 45.1 Å². The highest BCUT2D eigenvalue weighted by Crippen LogP contribution is 2.25. The first-order valence-corrected chi connectivity index (χ1v) is 7.04. The van der Waals surface area contributed by atoms with Gasteiger partial charge >= 0.3 is 5.97 Å². The van der Waals surface area contributed by atoms with Crippen LogP contribution < -0.4 is 0 Å². The van der Waals surface area contributed by atoms with E-state index in [2.05, 4.69) is 11.8 Å². The Labute approximate surface area is 110 Å². The van der Waals surface area contributed by atoms with Crippen molar-refractivity contribution in [2.24, 2.45) is 11.8 Å². The Morgan fingerprint density at radius 3 is 2.78 bits per heavy atom. The Morgan fingerprint density at radius 1 is 1.44 bits per heavy atom. The van der Waals surface area contributed by atoms with Gasteiger partial charge in [0, 0.05) is 19.5 Å². The molecule has 2 atom stereocenters. The maximum atomic E-state index is 10.7. The largest absolute Gasteiger partial charge is 0.481 e. The third-order valence-electron chi connectivity index (χ3n) is 3.70. The maximum absolute atomic E-state index is 10.7. The molecule has 0 bridgehead atoms. The molecule has 1 N–H and O–H groups in total. The molecule has 2 unspecified atom stereocenters. The zero-order chi connectivity index (χ0) is 13.5. The average Bonchev–Trinajstić information content (AvgIpc) is 2.28. The van der Waals surface area contributed by atoms with E-state index in [9.17, 15) is 4.79 Å². The number of rotatable bonds is 7. The first kappa shape index (κ1) is 15.4. The summed E-state index contributed by atoms with van der Waals surface area (Å²) in [6.07, 6.45) is 2.92. The van der Waals surface area contributed by atoms with E-state index in [-0.39, 0.29) is 12.0 Å². The smallest absolute Gasteiger partial charge is 0.303 e. The summed E-state index contributed by atoms with van der Waals surface area (Å²) in [5.41, 5.74) is 0. The molecule has 1 saturated heterocycles. The molecule has 4 heteroatoms. The van der Waals surface area contributed by atoms with Gasteiger partial charge in [0.25, 0.3) is 0 Å². The normalized spacial score (nSPS) is 23.2. The van der Waals surface area contributed by atoms with Crippen molar-refractivity contribution in [2.45, 2.75) is 46.1 Å². The SMILES string of the molecule is CC(C)OCCN1CCCC(C(C)CC(=O)O)C1. The zero-order valence-electron chi connectivity index (χ0n) is 11.9. The summed E-state index contributed by atoms with van der Waals surface area (Å²) in [5, 5.41) is 8.85. The standard InChI is InChI=1S/C14H27NO3/c1-11(2)18-8-7-15-6-4-5-13(10-15)12(3)9-14(16)17/h11-13H,4-10H2,1-3H3,(H,16,17). The van der Waals surface area contributed by atoms with Crippen molar-refractivity contribution in [1.82, 2.24) is 4.90 Å². The lowest BCUT2D eigenvalue weighted by molar-refractivity contribution is -0.138. The predicted octanol–water partition coefficient (Wildman–Crippen LogP) is 2.23. The summed E-state index contributed by atoms with van der Waals surface area (Å²) in [5.74, 6) is 0.119. The number of piperidine rings is 1. The predicted molar refractivity (Wildman–Crippen MR) is 71.7 cm³/mol. The van der Waals surface area contributed by atoms with Crippen molar-refractivity contribution in [3.8, 4) is 0 Å². The van der Waals surface area contributed by atoms with Gasteiger partial charge in [-0.3, -0.25) is 4.79 Å². The zero-order valence-corrected chi connectivity index (χ0v) is 11.9. The van der Waals surface area contributed by atoms with Gasteiger partial charge in [0.15, 0.2) is 0 Å². The highest BCUT2D eigenvalue weighted by Gasteiger charge is 2.25. The van der Waals surface area contributed by atoms with Crippen molar-refractivity contribution in [1.29, 1.82) is 0 Å². The van der Waals surface area contributed by atoms with Crippen molar-refractivity contribution in [2.75, 3.05) is 26.2 Å². The van der Waals surface area contributed by atoms with E-state index >= 15 is 0 Å². The number of hydrogen-bond donors (Lipinski definition) is 1. The minimum atomic E-state index is -0.678.